The van der Waals surface area contributed by atoms with Crippen molar-refractivity contribution in [2.45, 2.75) is 52.5 Å². The van der Waals surface area contributed by atoms with Gasteiger partial charge < -0.3 is 5.32 Å². The van der Waals surface area contributed by atoms with Crippen molar-refractivity contribution < 1.29 is 13.2 Å². The number of allylic oxidation sites excluding steroid dienone is 1. The summed E-state index contributed by atoms with van der Waals surface area (Å²) in [6, 6.07) is 4.81. The molecule has 25 heavy (non-hydrogen) atoms. The molecule has 1 aromatic carbocycles. The van der Waals surface area contributed by atoms with Crippen LogP contribution in [0, 0.1) is 13.8 Å². The number of carbonyl (C=O) groups excluding carboxylic acids is 1. The standard InChI is InChI=1S/C19H28N2O3S/c1-14-10-11-15(2)18(12-14)21(25(4,23)24)16(3)19(22)20-13-17-8-6-5-7-9-17/h8,10-12,16H,5-7,9,13H2,1-4H3,(H,20,22)/t16-/m1/s1. The highest BCUT2D eigenvalue weighted by molar-refractivity contribution is 7.92. The molecule has 5 nitrogen and oxygen atoms in total. The minimum absolute atomic E-state index is 0.280. The molecule has 2 rings (SSSR count). The number of rotatable bonds is 6. The van der Waals surface area contributed by atoms with Gasteiger partial charge in [0.2, 0.25) is 15.9 Å². The third kappa shape index (κ3) is 5.08. The number of carbonyl (C=O) groups is 1. The Morgan fingerprint density at radius 2 is 2.00 bits per heavy atom. The molecule has 0 unspecified atom stereocenters. The van der Waals surface area contributed by atoms with E-state index in [-0.39, 0.29) is 5.91 Å². The monoisotopic (exact) mass is 364 g/mol. The summed E-state index contributed by atoms with van der Waals surface area (Å²) < 4.78 is 26.0. The zero-order valence-electron chi connectivity index (χ0n) is 15.5. The Labute approximate surface area is 151 Å². The molecule has 0 aliphatic heterocycles. The molecular weight excluding hydrogens is 336 g/mol. The van der Waals surface area contributed by atoms with Crippen molar-refractivity contribution in [2.75, 3.05) is 17.1 Å². The highest BCUT2D eigenvalue weighted by Crippen LogP contribution is 2.26. The Kier molecular flexibility index (Phi) is 6.27. The lowest BCUT2D eigenvalue weighted by molar-refractivity contribution is -0.121. The Bertz CT molecular complexity index is 769. The van der Waals surface area contributed by atoms with Crippen molar-refractivity contribution in [3.05, 3.63) is 41.0 Å². The summed E-state index contributed by atoms with van der Waals surface area (Å²) in [5, 5.41) is 2.90. The molecule has 1 amide bonds. The highest BCUT2D eigenvalue weighted by Gasteiger charge is 2.30. The molecule has 0 bridgehead atoms. The van der Waals surface area contributed by atoms with Gasteiger partial charge in [0, 0.05) is 6.54 Å². The molecule has 1 aliphatic carbocycles. The minimum atomic E-state index is -3.59. The fraction of sp³-hybridized carbons (Fsp3) is 0.526. The Morgan fingerprint density at radius 3 is 2.60 bits per heavy atom. The van der Waals surface area contributed by atoms with Crippen LogP contribution in [0.4, 0.5) is 5.69 Å². The summed E-state index contributed by atoms with van der Waals surface area (Å²) in [4.78, 5) is 12.6. The summed E-state index contributed by atoms with van der Waals surface area (Å²) >= 11 is 0. The first-order chi connectivity index (χ1) is 11.7. The number of benzene rings is 1. The summed E-state index contributed by atoms with van der Waals surface area (Å²) in [6.07, 6.45) is 7.72. The van der Waals surface area contributed by atoms with Crippen LogP contribution in [0.3, 0.4) is 0 Å². The third-order valence-corrected chi connectivity index (χ3v) is 5.79. The van der Waals surface area contributed by atoms with Gasteiger partial charge in [-0.05, 0) is 63.6 Å². The molecule has 0 spiro atoms. The van der Waals surface area contributed by atoms with Crippen LogP contribution in [-0.4, -0.2) is 33.2 Å². The van der Waals surface area contributed by atoms with Crippen molar-refractivity contribution >= 4 is 21.6 Å². The molecule has 0 aromatic heterocycles. The number of hydrogen-bond acceptors (Lipinski definition) is 3. The second-order valence-electron chi connectivity index (χ2n) is 6.85. The number of aryl methyl sites for hydroxylation is 2. The van der Waals surface area contributed by atoms with E-state index in [4.69, 9.17) is 0 Å². The SMILES string of the molecule is Cc1ccc(C)c(N([C@H](C)C(=O)NCC2=CCCCC2)S(C)(=O)=O)c1. The highest BCUT2D eigenvalue weighted by atomic mass is 32.2. The quantitative estimate of drug-likeness (QED) is 0.789. The van der Waals surface area contributed by atoms with Crippen LogP contribution in [0.5, 0.6) is 0 Å². The van der Waals surface area contributed by atoms with Crippen LogP contribution in [0.25, 0.3) is 0 Å². The molecule has 0 fully saturated rings. The van der Waals surface area contributed by atoms with E-state index in [1.54, 1.807) is 6.92 Å². The first-order valence-corrected chi connectivity index (χ1v) is 10.6. The van der Waals surface area contributed by atoms with Gasteiger partial charge in [0.15, 0.2) is 0 Å². The van der Waals surface area contributed by atoms with Crippen LogP contribution >= 0.6 is 0 Å². The molecule has 0 radical (unpaired) electrons. The zero-order chi connectivity index (χ0) is 18.6. The summed E-state index contributed by atoms with van der Waals surface area (Å²) in [5.41, 5.74) is 3.56. The van der Waals surface area contributed by atoms with Crippen molar-refractivity contribution in [1.82, 2.24) is 5.32 Å². The maximum Gasteiger partial charge on any atom is 0.243 e. The molecular formula is C19H28N2O3S. The first kappa shape index (κ1) is 19.5. The predicted molar refractivity (Wildman–Crippen MR) is 102 cm³/mol. The maximum atomic E-state index is 12.6. The fourth-order valence-electron chi connectivity index (χ4n) is 3.15. The van der Waals surface area contributed by atoms with Gasteiger partial charge in [-0.3, -0.25) is 9.10 Å². The number of nitrogens with zero attached hydrogens (tertiary/aromatic N) is 1. The minimum Gasteiger partial charge on any atom is -0.351 e. The maximum absolute atomic E-state index is 12.6. The lowest BCUT2D eigenvalue weighted by Crippen LogP contribution is -2.48. The topological polar surface area (TPSA) is 66.5 Å². The molecule has 1 aromatic rings. The Balaban J connectivity index is 2.21. The number of anilines is 1. The molecule has 1 atom stereocenters. The van der Waals surface area contributed by atoms with E-state index < -0.39 is 16.1 Å². The van der Waals surface area contributed by atoms with Gasteiger partial charge in [-0.25, -0.2) is 8.42 Å². The molecule has 1 N–H and O–H groups in total. The van der Waals surface area contributed by atoms with Crippen LogP contribution < -0.4 is 9.62 Å². The first-order valence-electron chi connectivity index (χ1n) is 8.72. The van der Waals surface area contributed by atoms with Gasteiger partial charge in [-0.2, -0.15) is 0 Å². The summed E-state index contributed by atoms with van der Waals surface area (Å²) in [7, 11) is -3.59. The molecule has 0 saturated heterocycles. The van der Waals surface area contributed by atoms with Gasteiger partial charge in [0.05, 0.1) is 11.9 Å². The van der Waals surface area contributed by atoms with E-state index >= 15 is 0 Å². The van der Waals surface area contributed by atoms with Crippen LogP contribution in [-0.2, 0) is 14.8 Å². The van der Waals surface area contributed by atoms with Crippen LogP contribution in [0.15, 0.2) is 29.8 Å². The largest absolute Gasteiger partial charge is 0.351 e. The van der Waals surface area contributed by atoms with Crippen molar-refractivity contribution in [3.8, 4) is 0 Å². The van der Waals surface area contributed by atoms with Crippen LogP contribution in [0.2, 0.25) is 0 Å². The van der Waals surface area contributed by atoms with Gasteiger partial charge in [0.1, 0.15) is 6.04 Å². The van der Waals surface area contributed by atoms with Crippen molar-refractivity contribution in [3.63, 3.8) is 0 Å². The lowest BCUT2D eigenvalue weighted by atomic mass is 9.99. The van der Waals surface area contributed by atoms with Gasteiger partial charge in [-0.1, -0.05) is 23.8 Å². The number of nitrogens with one attached hydrogen (secondary N) is 1. The molecule has 138 valence electrons. The molecule has 0 heterocycles. The molecule has 1 aliphatic rings. The lowest BCUT2D eigenvalue weighted by Gasteiger charge is -2.30. The van der Waals surface area contributed by atoms with Crippen LogP contribution in [0.1, 0.15) is 43.7 Å². The number of sulfonamides is 1. The van der Waals surface area contributed by atoms with E-state index in [2.05, 4.69) is 11.4 Å². The summed E-state index contributed by atoms with van der Waals surface area (Å²) in [6.45, 7) is 5.88. The van der Waals surface area contributed by atoms with Crippen molar-refractivity contribution in [1.29, 1.82) is 0 Å². The van der Waals surface area contributed by atoms with E-state index in [1.807, 2.05) is 32.0 Å². The van der Waals surface area contributed by atoms with Gasteiger partial charge in [-0.15, -0.1) is 0 Å². The molecule has 0 saturated carbocycles. The van der Waals surface area contributed by atoms with E-state index in [0.717, 1.165) is 36.6 Å². The third-order valence-electron chi connectivity index (χ3n) is 4.57. The number of amides is 1. The van der Waals surface area contributed by atoms with Gasteiger partial charge in [0.25, 0.3) is 0 Å². The van der Waals surface area contributed by atoms with Crippen molar-refractivity contribution in [2.24, 2.45) is 0 Å². The Hall–Kier alpha value is -1.82. The zero-order valence-corrected chi connectivity index (χ0v) is 16.3. The normalized spacial score (nSPS) is 16.1. The second kappa shape index (κ2) is 8.04. The van der Waals surface area contributed by atoms with Gasteiger partial charge >= 0.3 is 0 Å². The second-order valence-corrected chi connectivity index (χ2v) is 8.71. The Morgan fingerprint density at radius 1 is 1.28 bits per heavy atom. The number of hydrogen-bond donors (Lipinski definition) is 1. The predicted octanol–water partition coefficient (Wildman–Crippen LogP) is 3.07. The molecule has 6 heteroatoms. The fourth-order valence-corrected chi connectivity index (χ4v) is 4.38. The van der Waals surface area contributed by atoms with E-state index in [1.165, 1.54) is 16.3 Å². The van der Waals surface area contributed by atoms with E-state index in [9.17, 15) is 13.2 Å². The average molecular weight is 365 g/mol. The smallest absolute Gasteiger partial charge is 0.243 e. The average Bonchev–Trinajstić information content (AvgIpc) is 2.55. The van der Waals surface area contributed by atoms with E-state index in [0.29, 0.717) is 12.2 Å². The summed E-state index contributed by atoms with van der Waals surface area (Å²) in [5.74, 6) is -0.280.